The van der Waals surface area contributed by atoms with E-state index in [0.717, 1.165) is 12.5 Å². The lowest BCUT2D eigenvalue weighted by Gasteiger charge is -2.28. The van der Waals surface area contributed by atoms with Crippen LogP contribution < -0.4 is 5.32 Å². The third-order valence-corrected chi connectivity index (χ3v) is 2.42. The Kier molecular flexibility index (Phi) is 6.41. The molecular formula is C12H27N3O. The third kappa shape index (κ3) is 5.35. The van der Waals surface area contributed by atoms with Crippen molar-refractivity contribution in [2.75, 3.05) is 34.3 Å². The predicted octanol–water partition coefficient (Wildman–Crippen LogP) is 1.57. The summed E-state index contributed by atoms with van der Waals surface area (Å²) in [4.78, 5) is 6.54. The maximum absolute atomic E-state index is 5.47. The second-order valence-electron chi connectivity index (χ2n) is 5.18. The van der Waals surface area contributed by atoms with Gasteiger partial charge in [-0.2, -0.15) is 0 Å². The van der Waals surface area contributed by atoms with Crippen LogP contribution in [0.4, 0.5) is 0 Å². The summed E-state index contributed by atoms with van der Waals surface area (Å²) in [5.41, 5.74) is 0.113. The molecule has 0 saturated carbocycles. The molecule has 0 aromatic heterocycles. The molecule has 4 nitrogen and oxygen atoms in total. The molecule has 0 radical (unpaired) electrons. The van der Waals surface area contributed by atoms with Crippen molar-refractivity contribution in [2.45, 2.75) is 33.8 Å². The van der Waals surface area contributed by atoms with Crippen LogP contribution in [0.5, 0.6) is 0 Å². The Balaban J connectivity index is 4.50. The number of guanidine groups is 1. The van der Waals surface area contributed by atoms with Crippen LogP contribution in [0.15, 0.2) is 4.99 Å². The first kappa shape index (κ1) is 15.2. The van der Waals surface area contributed by atoms with Gasteiger partial charge in [-0.1, -0.05) is 20.8 Å². The minimum atomic E-state index is 0.113. The molecule has 0 aromatic carbocycles. The molecule has 0 fully saturated rings. The number of ether oxygens (including phenoxy) is 1. The van der Waals surface area contributed by atoms with E-state index in [-0.39, 0.29) is 11.5 Å². The van der Waals surface area contributed by atoms with E-state index >= 15 is 0 Å². The highest BCUT2D eigenvalue weighted by atomic mass is 16.5. The first-order valence-corrected chi connectivity index (χ1v) is 5.81. The summed E-state index contributed by atoms with van der Waals surface area (Å²) in [6.45, 7) is 10.1. The number of hydrogen-bond donors (Lipinski definition) is 1. The molecule has 1 atom stereocenters. The Morgan fingerprint density at radius 3 is 2.25 bits per heavy atom. The van der Waals surface area contributed by atoms with Crippen LogP contribution >= 0.6 is 0 Å². The molecule has 16 heavy (non-hydrogen) atoms. The van der Waals surface area contributed by atoms with Crippen molar-refractivity contribution in [3.05, 3.63) is 0 Å². The molecule has 0 spiro atoms. The Morgan fingerprint density at radius 2 is 1.94 bits per heavy atom. The minimum Gasteiger partial charge on any atom is -0.379 e. The monoisotopic (exact) mass is 229 g/mol. The number of aliphatic imine (C=N–C) groups is 1. The first-order chi connectivity index (χ1) is 7.32. The van der Waals surface area contributed by atoms with Crippen LogP contribution in [-0.2, 0) is 4.74 Å². The number of hydrogen-bond acceptors (Lipinski definition) is 2. The fraction of sp³-hybridized carbons (Fsp3) is 0.917. The molecule has 4 heteroatoms. The molecule has 0 amide bonds. The lowest BCUT2D eigenvalue weighted by atomic mass is 9.89. The normalized spacial score (nSPS) is 14.8. The van der Waals surface area contributed by atoms with Crippen LogP contribution in [0.3, 0.4) is 0 Å². The molecule has 0 aliphatic rings. The van der Waals surface area contributed by atoms with Gasteiger partial charge in [0.2, 0.25) is 0 Å². The molecule has 0 saturated heterocycles. The number of nitrogens with zero attached hydrogens (tertiary/aromatic N) is 2. The maximum Gasteiger partial charge on any atom is 0.193 e. The fourth-order valence-electron chi connectivity index (χ4n) is 1.38. The standard InChI is InChI=1S/C12H27N3O/c1-8-13-11(15(5)6)14-9-10(16-7)12(2,3)4/h10H,8-9H2,1-7H3,(H,13,14). The molecule has 1 N–H and O–H groups in total. The van der Waals surface area contributed by atoms with Gasteiger partial charge in [0.15, 0.2) is 5.96 Å². The van der Waals surface area contributed by atoms with Crippen LogP contribution in [0.2, 0.25) is 0 Å². The van der Waals surface area contributed by atoms with Gasteiger partial charge < -0.3 is 15.0 Å². The predicted molar refractivity (Wildman–Crippen MR) is 69.9 cm³/mol. The van der Waals surface area contributed by atoms with Gasteiger partial charge in [-0.25, -0.2) is 0 Å². The first-order valence-electron chi connectivity index (χ1n) is 5.81. The van der Waals surface area contributed by atoms with E-state index in [1.807, 2.05) is 19.0 Å². The second-order valence-corrected chi connectivity index (χ2v) is 5.18. The van der Waals surface area contributed by atoms with E-state index in [0.29, 0.717) is 6.54 Å². The SMILES string of the molecule is CCNC(=NCC(OC)C(C)(C)C)N(C)C. The smallest absolute Gasteiger partial charge is 0.193 e. The number of rotatable bonds is 4. The summed E-state index contributed by atoms with van der Waals surface area (Å²) in [6.07, 6.45) is 0.140. The van der Waals surface area contributed by atoms with Crippen LogP contribution in [0, 0.1) is 5.41 Å². The zero-order chi connectivity index (χ0) is 12.8. The zero-order valence-electron chi connectivity index (χ0n) is 11.8. The van der Waals surface area contributed by atoms with Gasteiger partial charge in [-0.05, 0) is 12.3 Å². The topological polar surface area (TPSA) is 36.9 Å². The average Bonchev–Trinajstić information content (AvgIpc) is 2.14. The van der Waals surface area contributed by atoms with Crippen molar-refractivity contribution >= 4 is 5.96 Å². The summed E-state index contributed by atoms with van der Waals surface area (Å²) in [5, 5.41) is 3.23. The molecular weight excluding hydrogens is 202 g/mol. The molecule has 1 unspecified atom stereocenters. The fourth-order valence-corrected chi connectivity index (χ4v) is 1.38. The average molecular weight is 229 g/mol. The minimum absolute atomic E-state index is 0.113. The lowest BCUT2D eigenvalue weighted by Crippen LogP contribution is -2.38. The molecule has 96 valence electrons. The largest absolute Gasteiger partial charge is 0.379 e. The van der Waals surface area contributed by atoms with Gasteiger partial charge in [0.25, 0.3) is 0 Å². The van der Waals surface area contributed by atoms with Crippen molar-refractivity contribution < 1.29 is 4.74 Å². The highest BCUT2D eigenvalue weighted by molar-refractivity contribution is 5.79. The highest BCUT2D eigenvalue weighted by Gasteiger charge is 2.24. The van der Waals surface area contributed by atoms with E-state index in [2.05, 4.69) is 38.0 Å². The van der Waals surface area contributed by atoms with Gasteiger partial charge in [0, 0.05) is 27.7 Å². The van der Waals surface area contributed by atoms with Crippen molar-refractivity contribution in [1.29, 1.82) is 0 Å². The lowest BCUT2D eigenvalue weighted by molar-refractivity contribution is 0.0240. The van der Waals surface area contributed by atoms with Crippen LogP contribution in [-0.4, -0.2) is 51.3 Å². The number of nitrogens with one attached hydrogen (secondary N) is 1. The van der Waals surface area contributed by atoms with Crippen molar-refractivity contribution in [3.63, 3.8) is 0 Å². The Labute approximate surface area is 100 Å². The van der Waals surface area contributed by atoms with Crippen molar-refractivity contribution in [3.8, 4) is 0 Å². The highest BCUT2D eigenvalue weighted by Crippen LogP contribution is 2.21. The van der Waals surface area contributed by atoms with Crippen molar-refractivity contribution in [2.24, 2.45) is 10.4 Å². The van der Waals surface area contributed by atoms with E-state index in [1.165, 1.54) is 0 Å². The summed E-state index contributed by atoms with van der Waals surface area (Å²) in [6, 6.07) is 0. The Morgan fingerprint density at radius 1 is 1.38 bits per heavy atom. The summed E-state index contributed by atoms with van der Waals surface area (Å²) in [7, 11) is 5.72. The molecule has 0 aliphatic carbocycles. The van der Waals surface area contributed by atoms with Crippen molar-refractivity contribution in [1.82, 2.24) is 10.2 Å². The molecule has 0 bridgehead atoms. The van der Waals surface area contributed by atoms with Crippen LogP contribution in [0.25, 0.3) is 0 Å². The van der Waals surface area contributed by atoms with Gasteiger partial charge in [-0.3, -0.25) is 4.99 Å². The van der Waals surface area contributed by atoms with Crippen LogP contribution in [0.1, 0.15) is 27.7 Å². The third-order valence-electron chi connectivity index (χ3n) is 2.42. The summed E-state index contributed by atoms with van der Waals surface area (Å²) < 4.78 is 5.47. The van der Waals surface area contributed by atoms with E-state index in [4.69, 9.17) is 4.74 Å². The van der Waals surface area contributed by atoms with E-state index in [1.54, 1.807) is 7.11 Å². The Bertz CT molecular complexity index is 219. The summed E-state index contributed by atoms with van der Waals surface area (Å²) in [5.74, 6) is 0.911. The molecule has 0 aromatic rings. The Hall–Kier alpha value is -0.770. The molecule has 0 heterocycles. The van der Waals surface area contributed by atoms with Gasteiger partial charge in [0.05, 0.1) is 12.6 Å². The summed E-state index contributed by atoms with van der Waals surface area (Å²) >= 11 is 0. The zero-order valence-corrected chi connectivity index (χ0v) is 11.8. The van der Waals surface area contributed by atoms with Gasteiger partial charge in [-0.15, -0.1) is 0 Å². The van der Waals surface area contributed by atoms with Gasteiger partial charge >= 0.3 is 0 Å². The quantitative estimate of drug-likeness (QED) is 0.587. The van der Waals surface area contributed by atoms with E-state index in [9.17, 15) is 0 Å². The maximum atomic E-state index is 5.47. The molecule has 0 rings (SSSR count). The van der Waals surface area contributed by atoms with E-state index < -0.39 is 0 Å². The second kappa shape index (κ2) is 6.74. The molecule has 0 aliphatic heterocycles. The van der Waals surface area contributed by atoms with Gasteiger partial charge in [0.1, 0.15) is 0 Å². The number of methoxy groups -OCH3 is 1.